The Balaban J connectivity index is 1.44. The monoisotopic (exact) mass is 583 g/mol. The molecule has 2 amide bonds. The van der Waals surface area contributed by atoms with Gasteiger partial charge < -0.3 is 25.4 Å². The van der Waals surface area contributed by atoms with Gasteiger partial charge in [0.2, 0.25) is 0 Å². The van der Waals surface area contributed by atoms with Gasteiger partial charge in [0.15, 0.2) is 15.7 Å². The molecule has 5 rings (SSSR count). The third kappa shape index (κ3) is 6.52. The van der Waals surface area contributed by atoms with Gasteiger partial charge in [-0.05, 0) is 64.3 Å². The van der Waals surface area contributed by atoms with Crippen LogP contribution in [-0.2, 0) is 26.4 Å². The Bertz CT molecular complexity index is 1510. The van der Waals surface area contributed by atoms with Gasteiger partial charge in [-0.15, -0.1) is 0 Å². The SMILES string of the molecule is C[C@H]1COCCN1c1cc(C2(S(=O)(=O)CCC(C)(C)O)CC2)nc(-c2ccc(NC(=O)Nc3cnn(C)c3)cc2)n1. The summed E-state index contributed by atoms with van der Waals surface area (Å²) in [5, 5.41) is 19.7. The quantitative estimate of drug-likeness (QED) is 0.345. The average molecular weight is 584 g/mol. The van der Waals surface area contributed by atoms with Crippen LogP contribution >= 0.6 is 0 Å². The predicted octanol–water partition coefficient (Wildman–Crippen LogP) is 3.31. The van der Waals surface area contributed by atoms with Gasteiger partial charge in [0.1, 0.15) is 10.6 Å². The van der Waals surface area contributed by atoms with Crippen molar-refractivity contribution in [1.82, 2.24) is 19.7 Å². The Morgan fingerprint density at radius 3 is 2.49 bits per heavy atom. The Labute approximate surface area is 240 Å². The largest absolute Gasteiger partial charge is 0.390 e. The molecule has 1 aliphatic carbocycles. The molecule has 2 aromatic heterocycles. The summed E-state index contributed by atoms with van der Waals surface area (Å²) in [6.07, 6.45) is 4.34. The lowest BCUT2D eigenvalue weighted by atomic mass is 10.1. The van der Waals surface area contributed by atoms with Crippen LogP contribution in [-0.4, -0.2) is 76.5 Å². The van der Waals surface area contributed by atoms with Crippen molar-refractivity contribution >= 4 is 33.1 Å². The number of aliphatic hydroxyl groups is 1. The highest BCUT2D eigenvalue weighted by Crippen LogP contribution is 2.53. The molecule has 1 saturated carbocycles. The smallest absolute Gasteiger partial charge is 0.323 e. The van der Waals surface area contributed by atoms with Crippen LogP contribution < -0.4 is 15.5 Å². The van der Waals surface area contributed by atoms with E-state index in [9.17, 15) is 18.3 Å². The van der Waals surface area contributed by atoms with Crippen LogP contribution in [0.3, 0.4) is 0 Å². The summed E-state index contributed by atoms with van der Waals surface area (Å²) >= 11 is 0. The van der Waals surface area contributed by atoms with E-state index in [1.165, 1.54) is 0 Å². The molecule has 1 aliphatic heterocycles. The molecule has 0 radical (unpaired) electrons. The molecular formula is C28H37N7O5S. The van der Waals surface area contributed by atoms with Crippen LogP contribution in [0.1, 0.15) is 45.7 Å². The second-order valence-electron chi connectivity index (χ2n) is 11.5. The highest BCUT2D eigenvalue weighted by Gasteiger charge is 2.57. The van der Waals surface area contributed by atoms with Crippen LogP contribution in [0, 0.1) is 0 Å². The third-order valence-electron chi connectivity index (χ3n) is 7.49. The minimum atomic E-state index is -3.59. The van der Waals surface area contributed by atoms with Gasteiger partial charge in [-0.25, -0.2) is 23.2 Å². The maximum atomic E-state index is 13.6. The van der Waals surface area contributed by atoms with Gasteiger partial charge in [0, 0.05) is 37.1 Å². The number of morpholine rings is 1. The van der Waals surface area contributed by atoms with Crippen molar-refractivity contribution in [3.05, 3.63) is 48.4 Å². The molecule has 13 heteroatoms. The number of amides is 2. The van der Waals surface area contributed by atoms with Crippen LogP contribution in [0.2, 0.25) is 0 Å². The summed E-state index contributed by atoms with van der Waals surface area (Å²) in [7, 11) is -1.83. The molecule has 0 spiro atoms. The second-order valence-corrected chi connectivity index (χ2v) is 13.9. The van der Waals surface area contributed by atoms with E-state index in [0.29, 0.717) is 66.9 Å². The maximum absolute atomic E-state index is 13.6. The van der Waals surface area contributed by atoms with E-state index in [1.54, 1.807) is 68.3 Å². The van der Waals surface area contributed by atoms with Crippen LogP contribution in [0.25, 0.3) is 11.4 Å². The number of rotatable bonds is 9. The first kappa shape index (κ1) is 29.0. The number of nitrogens with one attached hydrogen (secondary N) is 2. The van der Waals surface area contributed by atoms with E-state index in [-0.39, 0.29) is 18.2 Å². The van der Waals surface area contributed by atoms with Gasteiger partial charge in [-0.2, -0.15) is 5.10 Å². The molecule has 3 N–H and O–H groups in total. The Hall–Kier alpha value is -3.55. The first-order chi connectivity index (χ1) is 19.3. The third-order valence-corrected chi connectivity index (χ3v) is 10.0. The standard InChI is InChI=1S/C28H37N7O5S/c1-19-18-40-13-12-35(19)24-15-23(28(9-10-28)41(38,39)14-11-27(2,3)37)32-25(33-24)20-5-7-21(8-6-20)30-26(36)31-22-16-29-34(4)17-22/h5-8,15-17,19,37H,9-14,18H2,1-4H3,(H2,30,31,36)/t19-/m0/s1. The number of hydrogen-bond donors (Lipinski definition) is 3. The van der Waals surface area contributed by atoms with Crippen molar-refractivity contribution in [2.24, 2.45) is 7.05 Å². The van der Waals surface area contributed by atoms with E-state index >= 15 is 0 Å². The zero-order chi connectivity index (χ0) is 29.4. The van der Waals surface area contributed by atoms with E-state index in [1.807, 2.05) is 6.92 Å². The number of aromatic nitrogens is 4. The number of nitrogens with zero attached hydrogens (tertiary/aromatic N) is 5. The summed E-state index contributed by atoms with van der Waals surface area (Å²) in [5.41, 5.74) is 1.23. The first-order valence-corrected chi connectivity index (χ1v) is 15.4. The van der Waals surface area contributed by atoms with Crippen molar-refractivity contribution in [1.29, 1.82) is 0 Å². The highest BCUT2D eigenvalue weighted by atomic mass is 32.2. The van der Waals surface area contributed by atoms with Gasteiger partial charge >= 0.3 is 6.03 Å². The number of carbonyl (C=O) groups is 1. The summed E-state index contributed by atoms with van der Waals surface area (Å²) in [4.78, 5) is 24.2. The summed E-state index contributed by atoms with van der Waals surface area (Å²) in [6.45, 7) is 7.00. The van der Waals surface area contributed by atoms with Crippen molar-refractivity contribution in [3.63, 3.8) is 0 Å². The van der Waals surface area contributed by atoms with E-state index in [0.717, 1.165) is 0 Å². The minimum Gasteiger partial charge on any atom is -0.390 e. The number of carbonyl (C=O) groups excluding carboxylic acids is 1. The van der Waals surface area contributed by atoms with Gasteiger partial charge in [-0.1, -0.05) is 0 Å². The van der Waals surface area contributed by atoms with Gasteiger partial charge in [-0.3, -0.25) is 4.68 Å². The number of ether oxygens (including phenoxy) is 1. The molecule has 3 aromatic rings. The van der Waals surface area contributed by atoms with Crippen molar-refractivity contribution in [3.8, 4) is 11.4 Å². The molecular weight excluding hydrogens is 546 g/mol. The highest BCUT2D eigenvalue weighted by molar-refractivity contribution is 7.92. The summed E-state index contributed by atoms with van der Waals surface area (Å²) in [5.74, 6) is 0.940. The fourth-order valence-electron chi connectivity index (χ4n) is 4.91. The fourth-order valence-corrected chi connectivity index (χ4v) is 7.22. The van der Waals surface area contributed by atoms with Crippen LogP contribution in [0.5, 0.6) is 0 Å². The number of sulfone groups is 1. The van der Waals surface area contributed by atoms with Crippen LogP contribution in [0.4, 0.5) is 22.0 Å². The number of aryl methyl sites for hydroxylation is 1. The Morgan fingerprint density at radius 2 is 1.88 bits per heavy atom. The van der Waals surface area contributed by atoms with Gasteiger partial charge in [0.25, 0.3) is 0 Å². The fraction of sp³-hybridized carbons (Fsp3) is 0.500. The topological polar surface area (TPSA) is 152 Å². The van der Waals surface area contributed by atoms with E-state index < -0.39 is 26.2 Å². The van der Waals surface area contributed by atoms with Gasteiger partial charge in [0.05, 0.1) is 48.2 Å². The number of hydrogen-bond acceptors (Lipinski definition) is 9. The zero-order valence-corrected chi connectivity index (χ0v) is 24.6. The lowest BCUT2D eigenvalue weighted by Gasteiger charge is -2.35. The minimum absolute atomic E-state index is 0.0613. The lowest BCUT2D eigenvalue weighted by Crippen LogP contribution is -2.44. The molecule has 1 aromatic carbocycles. The molecule has 0 unspecified atom stereocenters. The van der Waals surface area contributed by atoms with Crippen molar-refractivity contribution in [2.75, 3.05) is 41.0 Å². The molecule has 3 heterocycles. The zero-order valence-electron chi connectivity index (χ0n) is 23.8. The number of urea groups is 1. The molecule has 220 valence electrons. The molecule has 2 aliphatic rings. The average Bonchev–Trinajstić information content (AvgIpc) is 3.65. The predicted molar refractivity (Wildman–Crippen MR) is 157 cm³/mol. The second kappa shape index (κ2) is 11.0. The van der Waals surface area contributed by atoms with Crippen molar-refractivity contribution < 1.29 is 23.1 Å². The molecule has 1 saturated heterocycles. The summed E-state index contributed by atoms with van der Waals surface area (Å²) in [6, 6.07) is 8.56. The molecule has 41 heavy (non-hydrogen) atoms. The van der Waals surface area contributed by atoms with Crippen LogP contribution in [0.15, 0.2) is 42.7 Å². The first-order valence-electron chi connectivity index (χ1n) is 13.7. The van der Waals surface area contributed by atoms with E-state index in [2.05, 4.69) is 20.6 Å². The molecule has 2 fully saturated rings. The molecule has 12 nitrogen and oxygen atoms in total. The number of benzene rings is 1. The number of anilines is 3. The van der Waals surface area contributed by atoms with E-state index in [4.69, 9.17) is 14.7 Å². The Kier molecular flexibility index (Phi) is 7.79. The summed E-state index contributed by atoms with van der Waals surface area (Å²) < 4.78 is 33.3. The molecule has 0 bridgehead atoms. The Morgan fingerprint density at radius 1 is 1.17 bits per heavy atom. The molecule has 1 atom stereocenters. The lowest BCUT2D eigenvalue weighted by molar-refractivity contribution is 0.0771. The van der Waals surface area contributed by atoms with Crippen molar-refractivity contribution in [2.45, 2.75) is 56.4 Å². The maximum Gasteiger partial charge on any atom is 0.323 e. The normalized spacial score (nSPS) is 18.7.